The number of hydrogen-bond donors (Lipinski definition) is 2. The summed E-state index contributed by atoms with van der Waals surface area (Å²) in [5.41, 5.74) is 0.204. The topological polar surface area (TPSA) is 149 Å². The lowest BCUT2D eigenvalue weighted by atomic mass is 9.76. The highest BCUT2D eigenvalue weighted by molar-refractivity contribution is 5.98. The first-order valence-corrected chi connectivity index (χ1v) is 16.4. The molecule has 1 aliphatic rings. The number of ether oxygens (including phenoxy) is 1. The van der Waals surface area contributed by atoms with Crippen molar-refractivity contribution in [1.82, 2.24) is 20.6 Å². The average Bonchev–Trinajstić information content (AvgIpc) is 3.20. The summed E-state index contributed by atoms with van der Waals surface area (Å²) >= 11 is 0. The van der Waals surface area contributed by atoms with Gasteiger partial charge in [0, 0.05) is 46.9 Å². The van der Waals surface area contributed by atoms with Gasteiger partial charge in [0.2, 0.25) is 12.0 Å². The van der Waals surface area contributed by atoms with Crippen molar-refractivity contribution in [3.05, 3.63) is 128 Å². The molecule has 268 valence electrons. The van der Waals surface area contributed by atoms with Crippen LogP contribution < -0.4 is 20.3 Å². The van der Waals surface area contributed by atoms with Crippen LogP contribution in [-0.2, 0) is 26.5 Å². The second-order valence-corrected chi connectivity index (χ2v) is 12.1. The summed E-state index contributed by atoms with van der Waals surface area (Å²) in [6.07, 6.45) is 0.843. The number of rotatable bonds is 15. The SMILES string of the molecule is Cc1cc(C)nc(OC(C(=O)NCCCCCCO[N+](=O)[O-])C2(c3ccccc3)NCC(=O)N(Cc3c(F)cc(F)cc3F)c3ccccc32)n1. The summed E-state index contributed by atoms with van der Waals surface area (Å²) in [7, 11) is 0. The van der Waals surface area contributed by atoms with E-state index in [4.69, 9.17) is 4.74 Å². The predicted molar refractivity (Wildman–Crippen MR) is 180 cm³/mol. The fraction of sp³-hybridized carbons (Fsp3) is 0.333. The Hall–Kier alpha value is -5.57. The van der Waals surface area contributed by atoms with Gasteiger partial charge in [-0.05, 0) is 44.4 Å². The number of unbranched alkanes of at least 4 members (excludes halogenated alkanes) is 3. The molecule has 2 N–H and O–H groups in total. The molecule has 15 heteroatoms. The Bertz CT molecular complexity index is 1840. The van der Waals surface area contributed by atoms with Gasteiger partial charge in [-0.3, -0.25) is 14.9 Å². The van der Waals surface area contributed by atoms with Gasteiger partial charge in [0.15, 0.2) is 0 Å². The minimum atomic E-state index is -1.60. The molecule has 1 aliphatic heterocycles. The molecule has 0 spiro atoms. The number of halogens is 3. The maximum absolute atomic E-state index is 14.9. The summed E-state index contributed by atoms with van der Waals surface area (Å²) in [6, 6.07) is 18.3. The van der Waals surface area contributed by atoms with Crippen molar-refractivity contribution in [3.8, 4) is 6.01 Å². The third-order valence-corrected chi connectivity index (χ3v) is 8.47. The molecule has 2 amide bonds. The van der Waals surface area contributed by atoms with Gasteiger partial charge >= 0.3 is 6.01 Å². The molecule has 2 atom stereocenters. The van der Waals surface area contributed by atoms with Gasteiger partial charge in [-0.15, -0.1) is 10.1 Å². The third-order valence-electron chi connectivity index (χ3n) is 8.47. The normalized spacial score (nSPS) is 16.2. The largest absolute Gasteiger partial charge is 0.447 e. The van der Waals surface area contributed by atoms with Gasteiger partial charge in [-0.2, -0.15) is 0 Å². The predicted octanol–water partition coefficient (Wildman–Crippen LogP) is 5.22. The Balaban J connectivity index is 1.58. The highest BCUT2D eigenvalue weighted by Gasteiger charge is 2.52. The summed E-state index contributed by atoms with van der Waals surface area (Å²) in [5, 5.41) is 15.8. The highest BCUT2D eigenvalue weighted by Crippen LogP contribution is 2.42. The Kier molecular flexibility index (Phi) is 11.8. The first-order valence-electron chi connectivity index (χ1n) is 16.4. The Morgan fingerprint density at radius 3 is 2.31 bits per heavy atom. The molecule has 0 radical (unpaired) electrons. The second kappa shape index (κ2) is 16.4. The fourth-order valence-corrected chi connectivity index (χ4v) is 6.20. The van der Waals surface area contributed by atoms with E-state index in [9.17, 15) is 32.9 Å². The number of fused-ring (bicyclic) bond motifs is 1. The fourth-order valence-electron chi connectivity index (χ4n) is 6.20. The van der Waals surface area contributed by atoms with E-state index in [-0.39, 0.29) is 24.8 Å². The number of carbonyl (C=O) groups excluding carboxylic acids is 2. The zero-order valence-electron chi connectivity index (χ0n) is 28.0. The Morgan fingerprint density at radius 2 is 1.63 bits per heavy atom. The number of carbonyl (C=O) groups is 2. The van der Waals surface area contributed by atoms with E-state index in [1.165, 1.54) is 4.90 Å². The van der Waals surface area contributed by atoms with E-state index in [1.54, 1.807) is 74.5 Å². The smallest absolute Gasteiger partial charge is 0.317 e. The van der Waals surface area contributed by atoms with Crippen molar-refractivity contribution in [2.75, 3.05) is 24.6 Å². The lowest BCUT2D eigenvalue weighted by Crippen LogP contribution is -2.61. The molecule has 0 fully saturated rings. The van der Waals surface area contributed by atoms with E-state index >= 15 is 0 Å². The van der Waals surface area contributed by atoms with E-state index in [0.717, 1.165) is 0 Å². The van der Waals surface area contributed by atoms with E-state index in [1.807, 2.05) is 0 Å². The molecule has 51 heavy (non-hydrogen) atoms. The molecule has 0 aliphatic carbocycles. The molecule has 0 bridgehead atoms. The lowest BCUT2D eigenvalue weighted by molar-refractivity contribution is -0.757. The third kappa shape index (κ3) is 8.60. The minimum Gasteiger partial charge on any atom is -0.447 e. The molecule has 2 heterocycles. The number of benzene rings is 3. The van der Waals surface area contributed by atoms with Crippen LogP contribution in [0, 0.1) is 41.4 Å². The monoisotopic (exact) mass is 706 g/mol. The summed E-state index contributed by atoms with van der Waals surface area (Å²) in [6.45, 7) is 2.74. The number of aromatic nitrogens is 2. The van der Waals surface area contributed by atoms with Gasteiger partial charge in [-0.1, -0.05) is 61.4 Å². The van der Waals surface area contributed by atoms with E-state index in [2.05, 4.69) is 25.4 Å². The summed E-state index contributed by atoms with van der Waals surface area (Å²) < 4.78 is 50.1. The molecule has 5 rings (SSSR count). The van der Waals surface area contributed by atoms with Crippen molar-refractivity contribution >= 4 is 17.5 Å². The first kappa shape index (κ1) is 36.7. The number of nitrogens with zero attached hydrogens (tertiary/aromatic N) is 4. The van der Waals surface area contributed by atoms with Gasteiger partial charge in [-0.25, -0.2) is 23.1 Å². The van der Waals surface area contributed by atoms with Gasteiger partial charge in [0.1, 0.15) is 23.0 Å². The molecule has 1 aromatic heterocycles. The standard InChI is InChI=1S/C36H37F3N6O6/c1-23-18-24(2)43-35(42-23)51-33(34(47)40-16-10-3-4-11-17-50-45(48)49)36(25-12-6-5-7-13-25)28-14-8-9-15-31(28)44(32(46)21-41-36)22-27-29(38)19-26(37)20-30(27)39/h5-9,12-15,18-20,33,41H,3-4,10-11,16-17,21-22H2,1-2H3,(H,40,47). The number of nitrogens with one attached hydrogen (secondary N) is 2. The molecule has 2 unspecified atom stereocenters. The maximum atomic E-state index is 14.9. The number of amides is 2. The molecule has 3 aromatic carbocycles. The summed E-state index contributed by atoms with van der Waals surface area (Å²) in [5.74, 6) is -4.54. The van der Waals surface area contributed by atoms with Crippen LogP contribution in [0.5, 0.6) is 6.01 Å². The quantitative estimate of drug-likeness (QED) is 0.0964. The average molecular weight is 707 g/mol. The number of para-hydroxylation sites is 1. The molecule has 0 saturated heterocycles. The zero-order valence-corrected chi connectivity index (χ0v) is 28.0. The molecular weight excluding hydrogens is 669 g/mol. The molecule has 0 saturated carbocycles. The molecule has 12 nitrogen and oxygen atoms in total. The van der Waals surface area contributed by atoms with E-state index in [0.29, 0.717) is 60.3 Å². The number of aryl methyl sites for hydroxylation is 2. The maximum Gasteiger partial charge on any atom is 0.317 e. The second-order valence-electron chi connectivity index (χ2n) is 12.1. The van der Waals surface area contributed by atoms with Gasteiger partial charge in [0.25, 0.3) is 11.0 Å². The van der Waals surface area contributed by atoms with Crippen molar-refractivity contribution in [2.45, 2.75) is 57.7 Å². The van der Waals surface area contributed by atoms with Crippen molar-refractivity contribution in [2.24, 2.45) is 0 Å². The summed E-state index contributed by atoms with van der Waals surface area (Å²) in [4.78, 5) is 53.2. The van der Waals surface area contributed by atoms with Crippen LogP contribution in [0.25, 0.3) is 0 Å². The van der Waals surface area contributed by atoms with Gasteiger partial charge < -0.3 is 19.8 Å². The Labute approximate surface area is 292 Å². The van der Waals surface area contributed by atoms with Crippen molar-refractivity contribution < 1.29 is 37.4 Å². The molecular formula is C36H37F3N6O6. The van der Waals surface area contributed by atoms with Crippen LogP contribution >= 0.6 is 0 Å². The zero-order chi connectivity index (χ0) is 36.5. The first-order chi connectivity index (χ1) is 24.5. The van der Waals surface area contributed by atoms with Crippen LogP contribution in [0.4, 0.5) is 18.9 Å². The number of hydrogen-bond acceptors (Lipinski definition) is 9. The van der Waals surface area contributed by atoms with Crippen LogP contribution in [0.15, 0.2) is 72.8 Å². The minimum absolute atomic E-state index is 0.0218. The van der Waals surface area contributed by atoms with Crippen LogP contribution in [0.3, 0.4) is 0 Å². The molecule has 4 aromatic rings. The van der Waals surface area contributed by atoms with Crippen LogP contribution in [0.2, 0.25) is 0 Å². The lowest BCUT2D eigenvalue weighted by Gasteiger charge is -2.40. The van der Waals surface area contributed by atoms with Crippen LogP contribution in [-0.4, -0.2) is 52.7 Å². The van der Waals surface area contributed by atoms with Crippen LogP contribution in [0.1, 0.15) is 53.8 Å². The number of anilines is 1. The van der Waals surface area contributed by atoms with Crippen molar-refractivity contribution in [1.29, 1.82) is 0 Å². The van der Waals surface area contributed by atoms with E-state index < -0.39 is 64.6 Å². The van der Waals surface area contributed by atoms with Crippen molar-refractivity contribution in [3.63, 3.8) is 0 Å². The van der Waals surface area contributed by atoms with Gasteiger partial charge in [0.05, 0.1) is 19.7 Å². The highest BCUT2D eigenvalue weighted by atomic mass is 19.1. The Morgan fingerprint density at radius 1 is 0.980 bits per heavy atom.